The maximum absolute atomic E-state index is 5.32. The molecule has 0 bridgehead atoms. The van der Waals surface area contributed by atoms with Gasteiger partial charge in [-0.25, -0.2) is 4.40 Å². The Bertz CT molecular complexity index is 496. The van der Waals surface area contributed by atoms with E-state index in [9.17, 15) is 0 Å². The zero-order valence-corrected chi connectivity index (χ0v) is 10.2. The van der Waals surface area contributed by atoms with Crippen LogP contribution in [0.15, 0.2) is 18.2 Å². The minimum Gasteiger partial charge on any atom is -0.482 e. The molecule has 0 atom stereocenters. The van der Waals surface area contributed by atoms with Crippen LogP contribution >= 0.6 is 0 Å². The van der Waals surface area contributed by atoms with Gasteiger partial charge in [-0.1, -0.05) is 26.8 Å². The van der Waals surface area contributed by atoms with Gasteiger partial charge in [-0.3, -0.25) is 0 Å². The number of rotatable bonds is 2. The van der Waals surface area contributed by atoms with Gasteiger partial charge in [0, 0.05) is 6.42 Å². The van der Waals surface area contributed by atoms with E-state index in [1.807, 2.05) is 22.6 Å². The van der Waals surface area contributed by atoms with Crippen LogP contribution in [0.5, 0.6) is 5.88 Å². The molecule has 2 aromatic heterocycles. The monoisotopic (exact) mass is 219 g/mol. The van der Waals surface area contributed by atoms with E-state index >= 15 is 0 Å². The van der Waals surface area contributed by atoms with E-state index < -0.39 is 0 Å². The van der Waals surface area contributed by atoms with E-state index in [0.717, 1.165) is 23.8 Å². The molecule has 4 heteroatoms. The maximum atomic E-state index is 5.32. The Balaban J connectivity index is 2.54. The average molecular weight is 219 g/mol. The van der Waals surface area contributed by atoms with Crippen molar-refractivity contribution in [1.29, 1.82) is 0 Å². The second kappa shape index (κ2) is 3.77. The minimum absolute atomic E-state index is 0.184. The van der Waals surface area contributed by atoms with Crippen LogP contribution in [0.25, 0.3) is 5.65 Å². The van der Waals surface area contributed by atoms with E-state index in [-0.39, 0.29) is 5.41 Å². The van der Waals surface area contributed by atoms with Crippen LogP contribution in [-0.4, -0.2) is 21.7 Å². The summed E-state index contributed by atoms with van der Waals surface area (Å²) in [4.78, 5) is 0. The Morgan fingerprint density at radius 1 is 1.25 bits per heavy atom. The predicted molar refractivity (Wildman–Crippen MR) is 62.7 cm³/mol. The van der Waals surface area contributed by atoms with Crippen LogP contribution in [0.3, 0.4) is 0 Å². The van der Waals surface area contributed by atoms with Gasteiger partial charge in [-0.2, -0.15) is 0 Å². The van der Waals surface area contributed by atoms with Crippen molar-refractivity contribution >= 4 is 5.65 Å². The molecule has 0 unspecified atom stereocenters. The molecule has 2 aromatic rings. The summed E-state index contributed by atoms with van der Waals surface area (Å²) < 4.78 is 7.29. The number of pyridine rings is 1. The lowest BCUT2D eigenvalue weighted by Crippen LogP contribution is -2.12. The van der Waals surface area contributed by atoms with Crippen LogP contribution in [0, 0.1) is 5.41 Å². The molecule has 0 N–H and O–H groups in total. The summed E-state index contributed by atoms with van der Waals surface area (Å²) in [5, 5.41) is 8.37. The molecule has 0 aliphatic carbocycles. The van der Waals surface area contributed by atoms with Crippen molar-refractivity contribution in [3.63, 3.8) is 0 Å². The predicted octanol–water partition coefficient (Wildman–Crippen LogP) is 2.33. The van der Waals surface area contributed by atoms with Crippen molar-refractivity contribution in [2.45, 2.75) is 27.2 Å². The summed E-state index contributed by atoms with van der Waals surface area (Å²) in [6.07, 6.45) is 0.870. The van der Waals surface area contributed by atoms with Crippen molar-refractivity contribution in [2.75, 3.05) is 7.11 Å². The number of aromatic nitrogens is 3. The third-order valence-corrected chi connectivity index (χ3v) is 2.36. The number of nitrogens with zero attached hydrogens (tertiary/aromatic N) is 3. The second-order valence-corrected chi connectivity index (χ2v) is 5.12. The normalized spacial score (nSPS) is 12.0. The minimum atomic E-state index is 0.184. The maximum Gasteiger partial charge on any atom is 0.200 e. The Kier molecular flexibility index (Phi) is 2.58. The summed E-state index contributed by atoms with van der Waals surface area (Å²) in [5.74, 6) is 1.72. The molecule has 0 amide bonds. The fraction of sp³-hybridized carbons (Fsp3) is 0.500. The highest BCUT2D eigenvalue weighted by Crippen LogP contribution is 2.22. The lowest BCUT2D eigenvalue weighted by molar-refractivity contribution is 0.374. The summed E-state index contributed by atoms with van der Waals surface area (Å²) in [6, 6.07) is 5.77. The SMILES string of the molecule is COc1cccc2nnc(CC(C)(C)C)n12. The Morgan fingerprint density at radius 2 is 2.00 bits per heavy atom. The average Bonchev–Trinajstić information content (AvgIpc) is 2.59. The number of methoxy groups -OCH3 is 1. The molecule has 0 aliphatic rings. The van der Waals surface area contributed by atoms with Crippen molar-refractivity contribution in [3.8, 4) is 5.88 Å². The molecule has 2 heterocycles. The smallest absolute Gasteiger partial charge is 0.200 e. The Hall–Kier alpha value is -1.58. The fourth-order valence-electron chi connectivity index (χ4n) is 1.72. The summed E-state index contributed by atoms with van der Waals surface area (Å²) in [7, 11) is 1.66. The molecule has 2 rings (SSSR count). The van der Waals surface area contributed by atoms with E-state index in [1.165, 1.54) is 0 Å². The van der Waals surface area contributed by atoms with Crippen molar-refractivity contribution in [3.05, 3.63) is 24.0 Å². The first kappa shape index (κ1) is 10.9. The van der Waals surface area contributed by atoms with Crippen LogP contribution in [0.4, 0.5) is 0 Å². The number of ether oxygens (including phenoxy) is 1. The van der Waals surface area contributed by atoms with Gasteiger partial charge in [-0.15, -0.1) is 10.2 Å². The molecular weight excluding hydrogens is 202 g/mol. The van der Waals surface area contributed by atoms with Crippen molar-refractivity contribution in [1.82, 2.24) is 14.6 Å². The first-order valence-electron chi connectivity index (χ1n) is 5.38. The van der Waals surface area contributed by atoms with Crippen LogP contribution in [0.1, 0.15) is 26.6 Å². The van der Waals surface area contributed by atoms with Crippen molar-refractivity contribution < 1.29 is 4.74 Å². The molecule has 0 aromatic carbocycles. The van der Waals surface area contributed by atoms with Gasteiger partial charge < -0.3 is 4.74 Å². The van der Waals surface area contributed by atoms with Gasteiger partial charge in [-0.05, 0) is 17.5 Å². The highest BCUT2D eigenvalue weighted by molar-refractivity contribution is 5.42. The summed E-state index contributed by atoms with van der Waals surface area (Å²) in [5.41, 5.74) is 1.02. The van der Waals surface area contributed by atoms with Gasteiger partial charge in [0.1, 0.15) is 5.82 Å². The fourth-order valence-corrected chi connectivity index (χ4v) is 1.72. The van der Waals surface area contributed by atoms with E-state index in [2.05, 4.69) is 31.0 Å². The molecule has 0 aliphatic heterocycles. The number of hydrogen-bond donors (Lipinski definition) is 0. The van der Waals surface area contributed by atoms with Crippen LogP contribution in [0.2, 0.25) is 0 Å². The molecule has 0 fully saturated rings. The lowest BCUT2D eigenvalue weighted by Gasteiger charge is -2.16. The third kappa shape index (κ3) is 2.01. The molecule has 0 spiro atoms. The molecule has 0 radical (unpaired) electrons. The third-order valence-electron chi connectivity index (χ3n) is 2.36. The van der Waals surface area contributed by atoms with E-state index in [4.69, 9.17) is 4.74 Å². The summed E-state index contributed by atoms with van der Waals surface area (Å²) >= 11 is 0. The van der Waals surface area contributed by atoms with Crippen LogP contribution in [-0.2, 0) is 6.42 Å². The number of fused-ring (bicyclic) bond motifs is 1. The van der Waals surface area contributed by atoms with E-state index in [0.29, 0.717) is 0 Å². The highest BCUT2D eigenvalue weighted by atomic mass is 16.5. The quantitative estimate of drug-likeness (QED) is 0.778. The first-order valence-corrected chi connectivity index (χ1v) is 5.38. The molecular formula is C12H17N3O. The Morgan fingerprint density at radius 3 is 2.62 bits per heavy atom. The number of hydrogen-bond acceptors (Lipinski definition) is 3. The van der Waals surface area contributed by atoms with E-state index in [1.54, 1.807) is 7.11 Å². The van der Waals surface area contributed by atoms with Gasteiger partial charge in [0.15, 0.2) is 5.65 Å². The Labute approximate surface area is 95.3 Å². The first-order chi connectivity index (χ1) is 7.51. The molecule has 0 saturated heterocycles. The zero-order valence-electron chi connectivity index (χ0n) is 10.2. The largest absolute Gasteiger partial charge is 0.482 e. The highest BCUT2D eigenvalue weighted by Gasteiger charge is 2.17. The van der Waals surface area contributed by atoms with Gasteiger partial charge in [0.25, 0.3) is 0 Å². The van der Waals surface area contributed by atoms with Crippen LogP contribution < -0.4 is 4.74 Å². The topological polar surface area (TPSA) is 39.4 Å². The lowest BCUT2D eigenvalue weighted by atomic mass is 9.92. The van der Waals surface area contributed by atoms with Gasteiger partial charge >= 0.3 is 0 Å². The zero-order chi connectivity index (χ0) is 11.8. The standard InChI is InChI=1S/C12H17N3O/c1-12(2,3)8-10-14-13-9-6-5-7-11(16-4)15(9)10/h5-7H,8H2,1-4H3. The van der Waals surface area contributed by atoms with Crippen molar-refractivity contribution in [2.24, 2.45) is 5.41 Å². The summed E-state index contributed by atoms with van der Waals surface area (Å²) in [6.45, 7) is 6.55. The van der Waals surface area contributed by atoms with Gasteiger partial charge in [0.2, 0.25) is 5.88 Å². The second-order valence-electron chi connectivity index (χ2n) is 5.12. The van der Waals surface area contributed by atoms with Gasteiger partial charge in [0.05, 0.1) is 7.11 Å². The molecule has 0 saturated carbocycles. The molecule has 86 valence electrons. The molecule has 4 nitrogen and oxygen atoms in total. The molecule has 16 heavy (non-hydrogen) atoms.